The molecule has 4 N–H and O–H groups in total. The number of hydrogen-bond donors (Lipinski definition) is 4. The molecule has 14 nitrogen and oxygen atoms in total. The first-order valence-corrected chi connectivity index (χ1v) is 19.5. The van der Waals surface area contributed by atoms with E-state index in [-0.39, 0.29) is 42.6 Å². The molecule has 15 heteroatoms. The lowest BCUT2D eigenvalue weighted by Crippen LogP contribution is -2.57. The van der Waals surface area contributed by atoms with E-state index in [1.807, 2.05) is 60.7 Å². The van der Waals surface area contributed by atoms with Crippen LogP contribution in [0.5, 0.6) is 0 Å². The molecule has 4 aromatic rings. The molecule has 2 heterocycles. The van der Waals surface area contributed by atoms with Crippen LogP contribution in [0.2, 0.25) is 0 Å². The van der Waals surface area contributed by atoms with Crippen molar-refractivity contribution in [1.29, 1.82) is 5.41 Å². The molecule has 2 atom stereocenters. The van der Waals surface area contributed by atoms with E-state index >= 15 is 0 Å². The van der Waals surface area contributed by atoms with Crippen LogP contribution in [0.25, 0.3) is 0 Å². The number of piperazine rings is 1. The zero-order valence-electron chi connectivity index (χ0n) is 30.2. The van der Waals surface area contributed by atoms with Crippen LogP contribution in [0.3, 0.4) is 0 Å². The summed E-state index contributed by atoms with van der Waals surface area (Å²) in [5.74, 6) is -1.87. The molecule has 2 amide bonds. The van der Waals surface area contributed by atoms with Crippen molar-refractivity contribution in [3.63, 3.8) is 0 Å². The molecule has 286 valence electrons. The number of ketones is 1. The molecular weight excluding hydrogens is 725 g/mol. The Morgan fingerprint density at radius 3 is 1.89 bits per heavy atom. The number of anilines is 1. The number of alkyl carbamates (subject to hydrolysis) is 1. The molecule has 2 aliphatic heterocycles. The third-order valence-corrected chi connectivity index (χ3v) is 11.0. The maximum atomic E-state index is 14.4. The highest BCUT2D eigenvalue weighted by Crippen LogP contribution is 2.30. The topological polar surface area (TPSA) is 187 Å². The molecule has 4 aromatic carbocycles. The molecule has 0 bridgehead atoms. The summed E-state index contributed by atoms with van der Waals surface area (Å²) in [5, 5.41) is 16.8. The number of carbonyl (C=O) groups excluding carboxylic acids is 4. The van der Waals surface area contributed by atoms with Crippen molar-refractivity contribution in [2.75, 3.05) is 44.3 Å². The van der Waals surface area contributed by atoms with Gasteiger partial charge in [0.15, 0.2) is 11.3 Å². The lowest BCUT2D eigenvalue weighted by Gasteiger charge is -2.37. The third kappa shape index (κ3) is 9.69. The molecule has 0 spiro atoms. The maximum Gasteiger partial charge on any atom is 0.413 e. The maximum absolute atomic E-state index is 14.4. The van der Waals surface area contributed by atoms with Crippen LogP contribution >= 0.6 is 0 Å². The predicted octanol–water partition coefficient (Wildman–Crippen LogP) is 3.79. The lowest BCUT2D eigenvalue weighted by atomic mass is 9.85. The number of amides is 2. The van der Waals surface area contributed by atoms with Crippen LogP contribution in [0.15, 0.2) is 109 Å². The highest BCUT2D eigenvalue weighted by atomic mass is 32.2. The number of carbonyl (C=O) groups is 4. The normalized spacial score (nSPS) is 18.9. The van der Waals surface area contributed by atoms with Crippen molar-refractivity contribution in [2.45, 2.75) is 31.2 Å². The predicted molar refractivity (Wildman–Crippen MR) is 205 cm³/mol. The van der Waals surface area contributed by atoms with Crippen LogP contribution in [0, 0.1) is 5.41 Å². The smallest absolute Gasteiger partial charge is 0.413 e. The second-order valence-corrected chi connectivity index (χ2v) is 15.4. The molecule has 0 radical (unpaired) electrons. The van der Waals surface area contributed by atoms with E-state index in [2.05, 4.69) is 20.9 Å². The SMILES string of the molecule is CS(=O)(=O)N1CCN([C@@H]2CN[C@](C(=O)Nc3ccc(C(=O)OCc4ccccc4)cc3)(C(=O)c3ccc(C(=N)NC(=O)OCc4ccccc4)cc3)C2)CC1. The fraction of sp³-hybridized carbons (Fsp3) is 0.275. The van der Waals surface area contributed by atoms with E-state index in [4.69, 9.17) is 14.9 Å². The van der Waals surface area contributed by atoms with Crippen LogP contribution in [0.1, 0.15) is 43.8 Å². The molecule has 6 rings (SSSR count). The molecule has 0 saturated carbocycles. The average Bonchev–Trinajstić information content (AvgIpc) is 3.67. The largest absolute Gasteiger partial charge is 0.457 e. The molecule has 2 saturated heterocycles. The summed E-state index contributed by atoms with van der Waals surface area (Å²) >= 11 is 0. The Hall–Kier alpha value is -5.74. The summed E-state index contributed by atoms with van der Waals surface area (Å²) in [6, 6.07) is 30.3. The molecule has 0 aromatic heterocycles. The van der Waals surface area contributed by atoms with Crippen molar-refractivity contribution in [3.05, 3.63) is 137 Å². The standard InChI is InChI=1S/C40H42N6O8S/c1-55(51,52)46-22-20-45(21-23-46)34-24-40(42-25-34,38(49)43-33-18-16-32(17-19-33)37(48)53-26-28-8-4-2-5-9-28)35(47)30-12-14-31(15-13-30)36(41)44-39(50)54-27-29-10-6-3-7-11-29/h2-19,34,42H,20-27H2,1H3,(H,43,49)(H2,41,44,50)/t34-,40-/m0/s1. The van der Waals surface area contributed by atoms with E-state index in [0.29, 0.717) is 44.0 Å². The average molecular weight is 767 g/mol. The van der Waals surface area contributed by atoms with Gasteiger partial charge in [-0.2, -0.15) is 4.31 Å². The number of Topliss-reactive ketones (excluding diaryl/α,β-unsaturated/α-hetero) is 1. The van der Waals surface area contributed by atoms with E-state index in [1.165, 1.54) is 47.0 Å². The number of nitrogens with zero attached hydrogens (tertiary/aromatic N) is 2. The van der Waals surface area contributed by atoms with E-state index in [1.54, 1.807) is 12.1 Å². The Labute approximate surface area is 319 Å². The molecular formula is C40H42N6O8S. The van der Waals surface area contributed by atoms with Crippen LogP contribution in [0.4, 0.5) is 10.5 Å². The van der Waals surface area contributed by atoms with E-state index in [9.17, 15) is 27.6 Å². The van der Waals surface area contributed by atoms with Gasteiger partial charge in [-0.05, 0) is 41.8 Å². The van der Waals surface area contributed by atoms with Crippen molar-refractivity contribution in [2.24, 2.45) is 0 Å². The number of benzene rings is 4. The van der Waals surface area contributed by atoms with Gasteiger partial charge < -0.3 is 14.8 Å². The Morgan fingerprint density at radius 1 is 0.764 bits per heavy atom. The van der Waals surface area contributed by atoms with Gasteiger partial charge in [0.2, 0.25) is 10.0 Å². The van der Waals surface area contributed by atoms with Gasteiger partial charge >= 0.3 is 12.1 Å². The molecule has 0 aliphatic carbocycles. The number of amidine groups is 1. The summed E-state index contributed by atoms with van der Waals surface area (Å²) in [6.45, 7) is 1.90. The lowest BCUT2D eigenvalue weighted by molar-refractivity contribution is -0.120. The Bertz CT molecular complexity index is 2130. The number of sulfonamides is 1. The Balaban J connectivity index is 1.15. The number of esters is 1. The van der Waals surface area contributed by atoms with Crippen LogP contribution in [-0.4, -0.2) is 97.8 Å². The van der Waals surface area contributed by atoms with Gasteiger partial charge in [-0.15, -0.1) is 0 Å². The number of rotatable bonds is 12. The molecule has 0 unspecified atom stereocenters. The van der Waals surface area contributed by atoms with Gasteiger partial charge in [0.25, 0.3) is 5.91 Å². The number of nitrogens with one attached hydrogen (secondary N) is 4. The molecule has 55 heavy (non-hydrogen) atoms. The molecule has 2 fully saturated rings. The van der Waals surface area contributed by atoms with Gasteiger partial charge in [0.1, 0.15) is 19.0 Å². The summed E-state index contributed by atoms with van der Waals surface area (Å²) in [6.07, 6.45) is 0.474. The number of ether oxygens (including phenoxy) is 2. The van der Waals surface area contributed by atoms with Crippen molar-refractivity contribution in [3.8, 4) is 0 Å². The zero-order chi connectivity index (χ0) is 39.0. The molecule has 2 aliphatic rings. The van der Waals surface area contributed by atoms with E-state index in [0.717, 1.165) is 11.1 Å². The van der Waals surface area contributed by atoms with Crippen molar-refractivity contribution < 1.29 is 37.1 Å². The fourth-order valence-corrected chi connectivity index (χ4v) is 7.43. The van der Waals surface area contributed by atoms with Crippen LogP contribution in [-0.2, 0) is 37.5 Å². The third-order valence-electron chi connectivity index (χ3n) is 9.68. The summed E-state index contributed by atoms with van der Waals surface area (Å²) < 4.78 is 36.3. The van der Waals surface area contributed by atoms with Crippen molar-refractivity contribution in [1.82, 2.24) is 19.8 Å². The summed E-state index contributed by atoms with van der Waals surface area (Å²) in [5.41, 5.74) is 1.09. The highest BCUT2D eigenvalue weighted by Gasteiger charge is 2.52. The first-order chi connectivity index (χ1) is 26.4. The quantitative estimate of drug-likeness (QED) is 0.0544. The van der Waals surface area contributed by atoms with Gasteiger partial charge in [-0.1, -0.05) is 84.9 Å². The fourth-order valence-electron chi connectivity index (χ4n) is 6.60. The summed E-state index contributed by atoms with van der Waals surface area (Å²) in [7, 11) is -3.35. The minimum Gasteiger partial charge on any atom is -0.457 e. The first-order valence-electron chi connectivity index (χ1n) is 17.7. The minimum atomic E-state index is -3.35. The van der Waals surface area contributed by atoms with Gasteiger partial charge in [0.05, 0.1) is 11.8 Å². The van der Waals surface area contributed by atoms with Gasteiger partial charge in [-0.25, -0.2) is 18.0 Å². The Kier molecular flexibility index (Phi) is 12.2. The highest BCUT2D eigenvalue weighted by molar-refractivity contribution is 7.88. The van der Waals surface area contributed by atoms with Crippen LogP contribution < -0.4 is 16.0 Å². The monoisotopic (exact) mass is 766 g/mol. The zero-order valence-corrected chi connectivity index (χ0v) is 31.0. The van der Waals surface area contributed by atoms with E-state index < -0.39 is 39.3 Å². The minimum absolute atomic E-state index is 0.0321. The Morgan fingerprint density at radius 2 is 1.31 bits per heavy atom. The first kappa shape index (κ1) is 39.0. The van der Waals surface area contributed by atoms with Crippen molar-refractivity contribution >= 4 is 45.3 Å². The van der Waals surface area contributed by atoms with Gasteiger partial charge in [-0.3, -0.25) is 30.5 Å². The second kappa shape index (κ2) is 17.2. The second-order valence-electron chi connectivity index (χ2n) is 13.4. The summed E-state index contributed by atoms with van der Waals surface area (Å²) in [4.78, 5) is 55.7. The number of hydrogen-bond acceptors (Lipinski definition) is 11. The van der Waals surface area contributed by atoms with Gasteiger partial charge in [0, 0.05) is 55.6 Å².